The smallest absolute Gasteiger partial charge is 0.242 e. The Bertz CT molecular complexity index is 941. The molecule has 6 rings (SSSR count). The largest absolute Gasteiger partial charge is 0.467 e. The third kappa shape index (κ3) is 4.49. The quantitative estimate of drug-likeness (QED) is 0.560. The highest BCUT2D eigenvalue weighted by Crippen LogP contribution is 2.60. The first-order valence-electron chi connectivity index (χ1n) is 12.7. The molecular formula is C27H37N3O3. The molecule has 2 amide bonds. The maximum Gasteiger partial charge on any atom is 0.242 e. The zero-order valence-electron chi connectivity index (χ0n) is 20.0. The topological polar surface area (TPSA) is 58.7 Å². The highest BCUT2D eigenvalue weighted by molar-refractivity contribution is 5.88. The van der Waals surface area contributed by atoms with Gasteiger partial charge in [-0.25, -0.2) is 0 Å². The zero-order valence-corrected chi connectivity index (χ0v) is 20.0. The SMILES string of the molecule is CCCN(CC(=O)N(Cc1ccco1)Cc1cccn1C)C(=O)C12CC3CC(CC(C3)C1)C2. The molecule has 0 unspecified atom stereocenters. The van der Waals surface area contributed by atoms with E-state index >= 15 is 0 Å². The summed E-state index contributed by atoms with van der Waals surface area (Å²) in [6.45, 7) is 3.79. The molecule has 6 nitrogen and oxygen atoms in total. The molecule has 0 N–H and O–H groups in total. The minimum atomic E-state index is -0.214. The van der Waals surface area contributed by atoms with Crippen molar-refractivity contribution in [2.24, 2.45) is 30.2 Å². The van der Waals surface area contributed by atoms with Gasteiger partial charge in [-0.05, 0) is 87.0 Å². The van der Waals surface area contributed by atoms with Crippen molar-refractivity contribution in [1.82, 2.24) is 14.4 Å². The molecule has 4 aliphatic rings. The first-order valence-corrected chi connectivity index (χ1v) is 12.7. The van der Waals surface area contributed by atoms with E-state index in [1.165, 1.54) is 19.3 Å². The predicted molar refractivity (Wildman–Crippen MR) is 126 cm³/mol. The van der Waals surface area contributed by atoms with Crippen LogP contribution in [0.4, 0.5) is 0 Å². The molecule has 2 heterocycles. The third-order valence-electron chi connectivity index (χ3n) is 8.28. The summed E-state index contributed by atoms with van der Waals surface area (Å²) in [7, 11) is 1.99. The lowest BCUT2D eigenvalue weighted by atomic mass is 9.49. The fraction of sp³-hybridized carbons (Fsp3) is 0.630. The molecule has 0 aliphatic heterocycles. The van der Waals surface area contributed by atoms with Gasteiger partial charge < -0.3 is 18.8 Å². The fourth-order valence-electron chi connectivity index (χ4n) is 7.17. The van der Waals surface area contributed by atoms with Gasteiger partial charge in [0.05, 0.1) is 31.3 Å². The van der Waals surface area contributed by atoms with Gasteiger partial charge in [-0.1, -0.05) is 6.92 Å². The van der Waals surface area contributed by atoms with E-state index < -0.39 is 0 Å². The van der Waals surface area contributed by atoms with Crippen molar-refractivity contribution in [3.8, 4) is 0 Å². The molecule has 4 bridgehead atoms. The number of hydrogen-bond donors (Lipinski definition) is 0. The van der Waals surface area contributed by atoms with Gasteiger partial charge in [-0.2, -0.15) is 0 Å². The highest BCUT2D eigenvalue weighted by Gasteiger charge is 2.55. The summed E-state index contributed by atoms with van der Waals surface area (Å²) in [4.78, 5) is 31.3. The van der Waals surface area contributed by atoms with E-state index in [4.69, 9.17) is 4.42 Å². The Morgan fingerprint density at radius 2 is 1.73 bits per heavy atom. The van der Waals surface area contributed by atoms with Gasteiger partial charge in [0.2, 0.25) is 11.8 Å². The Kier molecular flexibility index (Phi) is 6.11. The lowest BCUT2D eigenvalue weighted by Crippen LogP contribution is -2.56. The standard InChI is InChI=1S/C27H37N3O3/c1-3-8-29(26(32)27-14-20-11-21(15-27)13-22(12-20)16-27)19-25(31)30(18-24-7-5-10-33-24)17-23-6-4-9-28(23)2/h4-7,9-10,20-22H,3,8,11-19H2,1-2H3. The van der Waals surface area contributed by atoms with E-state index in [1.807, 2.05) is 51.9 Å². The van der Waals surface area contributed by atoms with Crippen molar-refractivity contribution >= 4 is 11.8 Å². The molecule has 0 saturated heterocycles. The molecule has 178 valence electrons. The lowest BCUT2D eigenvalue weighted by molar-refractivity contribution is -0.160. The van der Waals surface area contributed by atoms with Crippen molar-refractivity contribution in [3.63, 3.8) is 0 Å². The van der Waals surface area contributed by atoms with Crippen molar-refractivity contribution in [3.05, 3.63) is 48.2 Å². The van der Waals surface area contributed by atoms with Gasteiger partial charge >= 0.3 is 0 Å². The van der Waals surface area contributed by atoms with Gasteiger partial charge in [-0.15, -0.1) is 0 Å². The van der Waals surface area contributed by atoms with Crippen LogP contribution in [-0.4, -0.2) is 39.3 Å². The van der Waals surface area contributed by atoms with Crippen LogP contribution in [0, 0.1) is 23.2 Å². The number of carbonyl (C=O) groups excluding carboxylic acids is 2. The van der Waals surface area contributed by atoms with E-state index in [0.717, 1.165) is 37.1 Å². The monoisotopic (exact) mass is 451 g/mol. The van der Waals surface area contributed by atoms with Crippen LogP contribution < -0.4 is 0 Å². The van der Waals surface area contributed by atoms with E-state index in [9.17, 15) is 9.59 Å². The number of aromatic nitrogens is 1. The van der Waals surface area contributed by atoms with Crippen molar-refractivity contribution in [2.45, 2.75) is 65.0 Å². The normalized spacial score (nSPS) is 27.6. The first-order chi connectivity index (χ1) is 16.0. The van der Waals surface area contributed by atoms with Crippen LogP contribution in [0.1, 0.15) is 63.3 Å². The average molecular weight is 452 g/mol. The second-order valence-corrected chi connectivity index (χ2v) is 10.9. The molecule has 6 heteroatoms. The van der Waals surface area contributed by atoms with E-state index in [0.29, 0.717) is 37.4 Å². The van der Waals surface area contributed by atoms with Crippen LogP contribution in [-0.2, 0) is 29.7 Å². The van der Waals surface area contributed by atoms with Gasteiger partial charge in [0.1, 0.15) is 5.76 Å². The minimum Gasteiger partial charge on any atom is -0.467 e. The first kappa shape index (κ1) is 22.3. The Morgan fingerprint density at radius 1 is 1.03 bits per heavy atom. The molecular weight excluding hydrogens is 414 g/mol. The molecule has 0 spiro atoms. The molecule has 2 aromatic heterocycles. The number of carbonyl (C=O) groups is 2. The summed E-state index contributed by atoms with van der Waals surface area (Å²) in [6.07, 6.45) is 11.5. The summed E-state index contributed by atoms with van der Waals surface area (Å²) in [5.74, 6) is 3.13. The summed E-state index contributed by atoms with van der Waals surface area (Å²) >= 11 is 0. The molecule has 0 radical (unpaired) electrons. The van der Waals surface area contributed by atoms with Crippen molar-refractivity contribution < 1.29 is 14.0 Å². The van der Waals surface area contributed by atoms with Crippen LogP contribution in [0.5, 0.6) is 0 Å². The summed E-state index contributed by atoms with van der Waals surface area (Å²) < 4.78 is 7.58. The van der Waals surface area contributed by atoms with Gasteiger partial charge in [0.25, 0.3) is 0 Å². The second-order valence-electron chi connectivity index (χ2n) is 10.9. The number of furan rings is 1. The maximum atomic E-state index is 14.0. The van der Waals surface area contributed by atoms with Crippen LogP contribution in [0.3, 0.4) is 0 Å². The van der Waals surface area contributed by atoms with Gasteiger partial charge in [-0.3, -0.25) is 9.59 Å². The van der Waals surface area contributed by atoms with Crippen molar-refractivity contribution in [2.75, 3.05) is 13.1 Å². The Morgan fingerprint density at radius 3 is 2.27 bits per heavy atom. The number of hydrogen-bond acceptors (Lipinski definition) is 3. The Balaban J connectivity index is 1.33. The molecule has 4 fully saturated rings. The molecule has 0 atom stereocenters. The second kappa shape index (κ2) is 9.03. The Labute approximate surface area is 196 Å². The van der Waals surface area contributed by atoms with Crippen LogP contribution in [0.25, 0.3) is 0 Å². The molecule has 33 heavy (non-hydrogen) atoms. The van der Waals surface area contributed by atoms with Crippen LogP contribution in [0.15, 0.2) is 41.1 Å². The van der Waals surface area contributed by atoms with E-state index in [2.05, 4.69) is 6.92 Å². The lowest BCUT2D eigenvalue weighted by Gasteiger charge is -2.56. The van der Waals surface area contributed by atoms with E-state index in [1.54, 1.807) is 6.26 Å². The molecule has 4 saturated carbocycles. The van der Waals surface area contributed by atoms with Crippen molar-refractivity contribution in [1.29, 1.82) is 0 Å². The highest BCUT2D eigenvalue weighted by atomic mass is 16.3. The molecule has 4 aliphatic carbocycles. The van der Waals surface area contributed by atoms with Crippen LogP contribution >= 0.6 is 0 Å². The summed E-state index contributed by atoms with van der Waals surface area (Å²) in [6, 6.07) is 7.77. The fourth-order valence-corrected chi connectivity index (χ4v) is 7.17. The van der Waals surface area contributed by atoms with Gasteiger partial charge in [0, 0.05) is 25.5 Å². The molecule has 0 aromatic carbocycles. The molecule has 2 aromatic rings. The number of amides is 2. The number of nitrogens with zero attached hydrogens (tertiary/aromatic N) is 3. The van der Waals surface area contributed by atoms with E-state index in [-0.39, 0.29) is 23.8 Å². The number of rotatable bonds is 9. The zero-order chi connectivity index (χ0) is 23.0. The van der Waals surface area contributed by atoms with Crippen LogP contribution in [0.2, 0.25) is 0 Å². The predicted octanol–water partition coefficient (Wildman–Crippen LogP) is 4.60. The minimum absolute atomic E-state index is 0.0147. The average Bonchev–Trinajstić information content (AvgIpc) is 3.43. The maximum absolute atomic E-state index is 14.0. The summed E-state index contributed by atoms with van der Waals surface area (Å²) in [5, 5.41) is 0. The third-order valence-corrected chi connectivity index (χ3v) is 8.28. The number of aryl methyl sites for hydroxylation is 1. The summed E-state index contributed by atoms with van der Waals surface area (Å²) in [5.41, 5.74) is 0.845. The Hall–Kier alpha value is -2.50. The van der Waals surface area contributed by atoms with Gasteiger partial charge in [0.15, 0.2) is 0 Å².